The number of amides is 1. The summed E-state index contributed by atoms with van der Waals surface area (Å²) < 4.78 is 5.38. The molecule has 0 aliphatic carbocycles. The molecule has 0 saturated carbocycles. The molecule has 20 heavy (non-hydrogen) atoms. The average molecular weight is 297 g/mol. The number of nitrogens with zero attached hydrogens (tertiary/aromatic N) is 1. The fourth-order valence-electron chi connectivity index (χ4n) is 2.37. The Bertz CT molecular complexity index is 482. The molecule has 1 amide bonds. The molecule has 2 rings (SSSR count). The van der Waals surface area contributed by atoms with Gasteiger partial charge in [0.15, 0.2) is 0 Å². The molecule has 1 saturated heterocycles. The maximum absolute atomic E-state index is 12.1. The number of ether oxygens (including phenoxy) is 1. The van der Waals surface area contributed by atoms with Gasteiger partial charge in [-0.1, -0.05) is 23.7 Å². The molecular formula is C15H21ClN2O2. The second-order valence-corrected chi connectivity index (χ2v) is 6.64. The van der Waals surface area contributed by atoms with E-state index < -0.39 is 5.60 Å². The van der Waals surface area contributed by atoms with Gasteiger partial charge in [0.25, 0.3) is 0 Å². The van der Waals surface area contributed by atoms with Crippen LogP contribution in [0.15, 0.2) is 24.3 Å². The quantitative estimate of drug-likeness (QED) is 0.867. The first kappa shape index (κ1) is 15.1. The van der Waals surface area contributed by atoms with E-state index in [2.05, 4.69) is 0 Å². The molecule has 110 valence electrons. The van der Waals surface area contributed by atoms with Crippen LogP contribution < -0.4 is 5.73 Å². The molecule has 1 fully saturated rings. The SMILES string of the molecule is CC(C)(C)OC(=O)N1C[C@@H](N)[C@H](c2ccc(Cl)cc2)C1. The molecule has 5 heteroatoms. The maximum atomic E-state index is 12.1. The molecule has 1 aromatic rings. The third kappa shape index (κ3) is 3.64. The standard InChI is InChI=1S/C15H21ClN2O2/c1-15(2,3)20-14(19)18-8-12(13(17)9-18)10-4-6-11(16)7-5-10/h4-7,12-13H,8-9,17H2,1-3H3/t12-,13+/m0/s1. The maximum Gasteiger partial charge on any atom is 0.410 e. The van der Waals surface area contributed by atoms with Crippen molar-refractivity contribution in [3.8, 4) is 0 Å². The lowest BCUT2D eigenvalue weighted by Crippen LogP contribution is -2.36. The molecule has 0 bridgehead atoms. The van der Waals surface area contributed by atoms with Gasteiger partial charge < -0.3 is 15.4 Å². The number of likely N-dealkylation sites (tertiary alicyclic amines) is 1. The third-order valence-corrected chi connectivity index (χ3v) is 3.57. The van der Waals surface area contributed by atoms with Crippen molar-refractivity contribution in [1.82, 2.24) is 4.90 Å². The minimum absolute atomic E-state index is 0.0799. The van der Waals surface area contributed by atoms with E-state index in [1.54, 1.807) is 4.90 Å². The van der Waals surface area contributed by atoms with Gasteiger partial charge in [0.1, 0.15) is 5.60 Å². The Morgan fingerprint density at radius 3 is 2.45 bits per heavy atom. The fraction of sp³-hybridized carbons (Fsp3) is 0.533. The third-order valence-electron chi connectivity index (χ3n) is 3.31. The Morgan fingerprint density at radius 1 is 1.30 bits per heavy atom. The Balaban J connectivity index is 2.05. The number of halogens is 1. The zero-order valence-corrected chi connectivity index (χ0v) is 12.9. The lowest BCUT2D eigenvalue weighted by Gasteiger charge is -2.24. The zero-order valence-electron chi connectivity index (χ0n) is 12.1. The predicted molar refractivity (Wildman–Crippen MR) is 80.0 cm³/mol. The van der Waals surface area contributed by atoms with Crippen LogP contribution in [0.4, 0.5) is 4.79 Å². The molecule has 0 spiro atoms. The molecule has 1 heterocycles. The lowest BCUT2D eigenvalue weighted by atomic mass is 9.95. The second-order valence-electron chi connectivity index (χ2n) is 6.21. The molecule has 2 N–H and O–H groups in total. The number of hydrogen-bond acceptors (Lipinski definition) is 3. The molecule has 0 aromatic heterocycles. The molecule has 1 aliphatic heterocycles. The summed E-state index contributed by atoms with van der Waals surface area (Å²) in [6.07, 6.45) is -0.301. The number of nitrogens with two attached hydrogens (primary N) is 1. The summed E-state index contributed by atoms with van der Waals surface area (Å²) in [6.45, 7) is 6.67. The van der Waals surface area contributed by atoms with Crippen LogP contribution in [0.1, 0.15) is 32.3 Å². The van der Waals surface area contributed by atoms with Crippen molar-refractivity contribution in [2.45, 2.75) is 38.3 Å². The minimum atomic E-state index is -0.487. The van der Waals surface area contributed by atoms with Crippen molar-refractivity contribution in [2.24, 2.45) is 5.73 Å². The van der Waals surface area contributed by atoms with Crippen LogP contribution in [0.3, 0.4) is 0 Å². The highest BCUT2D eigenvalue weighted by Crippen LogP contribution is 2.28. The van der Waals surface area contributed by atoms with Crippen LogP contribution in [0.2, 0.25) is 5.02 Å². The van der Waals surface area contributed by atoms with Gasteiger partial charge >= 0.3 is 6.09 Å². The molecule has 2 atom stereocenters. The summed E-state index contributed by atoms with van der Waals surface area (Å²) in [5.41, 5.74) is 6.78. The zero-order chi connectivity index (χ0) is 14.9. The Labute approximate surface area is 124 Å². The van der Waals surface area contributed by atoms with Crippen molar-refractivity contribution in [2.75, 3.05) is 13.1 Å². The van der Waals surface area contributed by atoms with E-state index in [1.807, 2.05) is 45.0 Å². The lowest BCUT2D eigenvalue weighted by molar-refractivity contribution is 0.0290. The fourth-order valence-corrected chi connectivity index (χ4v) is 2.49. The van der Waals surface area contributed by atoms with Crippen LogP contribution >= 0.6 is 11.6 Å². The van der Waals surface area contributed by atoms with E-state index in [0.717, 1.165) is 5.56 Å². The van der Waals surface area contributed by atoms with Gasteiger partial charge in [-0.3, -0.25) is 0 Å². The Morgan fingerprint density at radius 2 is 1.90 bits per heavy atom. The molecule has 0 radical (unpaired) electrons. The number of benzene rings is 1. The highest BCUT2D eigenvalue weighted by molar-refractivity contribution is 6.30. The van der Waals surface area contributed by atoms with Gasteiger partial charge in [0.2, 0.25) is 0 Å². The van der Waals surface area contributed by atoms with Crippen molar-refractivity contribution in [3.63, 3.8) is 0 Å². The van der Waals surface area contributed by atoms with Crippen LogP contribution in [-0.4, -0.2) is 35.7 Å². The molecule has 1 aliphatic rings. The van der Waals surface area contributed by atoms with E-state index in [4.69, 9.17) is 22.1 Å². The first-order valence-corrected chi connectivity index (χ1v) is 7.13. The van der Waals surface area contributed by atoms with Gasteiger partial charge in [-0.25, -0.2) is 4.79 Å². The van der Waals surface area contributed by atoms with Crippen LogP contribution in [0.25, 0.3) is 0 Å². The van der Waals surface area contributed by atoms with Crippen LogP contribution in [-0.2, 0) is 4.74 Å². The largest absolute Gasteiger partial charge is 0.444 e. The number of rotatable bonds is 1. The van der Waals surface area contributed by atoms with Crippen molar-refractivity contribution in [1.29, 1.82) is 0 Å². The Kier molecular flexibility index (Phi) is 4.25. The highest BCUT2D eigenvalue weighted by Gasteiger charge is 2.35. The molecular weight excluding hydrogens is 276 g/mol. The smallest absolute Gasteiger partial charge is 0.410 e. The van der Waals surface area contributed by atoms with Gasteiger partial charge in [0, 0.05) is 30.1 Å². The van der Waals surface area contributed by atoms with Crippen molar-refractivity contribution < 1.29 is 9.53 Å². The topological polar surface area (TPSA) is 55.6 Å². The first-order chi connectivity index (χ1) is 9.26. The summed E-state index contributed by atoms with van der Waals surface area (Å²) in [6, 6.07) is 7.54. The van der Waals surface area contributed by atoms with E-state index >= 15 is 0 Å². The van der Waals surface area contributed by atoms with Gasteiger partial charge in [-0.2, -0.15) is 0 Å². The molecule has 1 aromatic carbocycles. The Hall–Kier alpha value is -1.26. The number of hydrogen-bond donors (Lipinski definition) is 1. The summed E-state index contributed by atoms with van der Waals surface area (Å²) in [5.74, 6) is 0.125. The van der Waals surface area contributed by atoms with Crippen LogP contribution in [0, 0.1) is 0 Å². The summed E-state index contributed by atoms with van der Waals surface area (Å²) in [5, 5.41) is 0.698. The normalized spacial score (nSPS) is 22.9. The monoisotopic (exact) mass is 296 g/mol. The van der Waals surface area contributed by atoms with E-state index in [0.29, 0.717) is 18.1 Å². The summed E-state index contributed by atoms with van der Waals surface area (Å²) in [7, 11) is 0. The van der Waals surface area contributed by atoms with E-state index in [-0.39, 0.29) is 18.1 Å². The number of carbonyl (C=O) groups excluding carboxylic acids is 1. The molecule has 4 nitrogen and oxygen atoms in total. The average Bonchev–Trinajstić information content (AvgIpc) is 2.70. The van der Waals surface area contributed by atoms with Gasteiger partial charge in [-0.15, -0.1) is 0 Å². The van der Waals surface area contributed by atoms with E-state index in [9.17, 15) is 4.79 Å². The number of carbonyl (C=O) groups is 1. The minimum Gasteiger partial charge on any atom is -0.444 e. The van der Waals surface area contributed by atoms with Gasteiger partial charge in [0.05, 0.1) is 0 Å². The molecule has 0 unspecified atom stereocenters. The van der Waals surface area contributed by atoms with Crippen molar-refractivity contribution in [3.05, 3.63) is 34.9 Å². The predicted octanol–water partition coefficient (Wildman–Crippen LogP) is 3.00. The highest BCUT2D eigenvalue weighted by atomic mass is 35.5. The van der Waals surface area contributed by atoms with Crippen LogP contribution in [0.5, 0.6) is 0 Å². The second kappa shape index (κ2) is 5.62. The summed E-state index contributed by atoms with van der Waals surface area (Å²) in [4.78, 5) is 13.7. The van der Waals surface area contributed by atoms with Gasteiger partial charge in [-0.05, 0) is 38.5 Å². The summed E-state index contributed by atoms with van der Waals surface area (Å²) >= 11 is 5.89. The van der Waals surface area contributed by atoms with E-state index in [1.165, 1.54) is 0 Å². The first-order valence-electron chi connectivity index (χ1n) is 6.75. The van der Waals surface area contributed by atoms with Crippen molar-refractivity contribution >= 4 is 17.7 Å².